The lowest BCUT2D eigenvalue weighted by atomic mass is 10.1. The lowest BCUT2D eigenvalue weighted by molar-refractivity contribution is 1.45. The smallest absolute Gasteiger partial charge is 0.0980 e. The van der Waals surface area contributed by atoms with Crippen LogP contribution in [0, 0.1) is 6.92 Å². The second-order valence-electron chi connectivity index (χ2n) is 4.87. The van der Waals surface area contributed by atoms with Gasteiger partial charge in [0.1, 0.15) is 0 Å². The lowest BCUT2D eigenvalue weighted by Crippen LogP contribution is -1.81. The Labute approximate surface area is 115 Å². The molecule has 0 radical (unpaired) electrons. The molecule has 0 aliphatic heterocycles. The predicted molar refractivity (Wildman–Crippen MR) is 80.9 cm³/mol. The van der Waals surface area contributed by atoms with Crippen molar-refractivity contribution >= 4 is 44.4 Å². The van der Waals surface area contributed by atoms with Crippen LogP contribution in [0.3, 0.4) is 0 Å². The molecule has 19 heavy (non-hydrogen) atoms. The van der Waals surface area contributed by atoms with Gasteiger partial charge in [0.25, 0.3) is 0 Å². The molecule has 0 aliphatic rings. The average Bonchev–Trinajstić information content (AvgIpc) is 2.74. The monoisotopic (exact) mass is 266 g/mol. The number of H-pyrrole nitrogens is 1. The number of pyridine rings is 1. The van der Waals surface area contributed by atoms with Gasteiger partial charge in [-0.2, -0.15) is 0 Å². The normalized spacial score (nSPS) is 11.7. The van der Waals surface area contributed by atoms with Gasteiger partial charge in [0.2, 0.25) is 0 Å². The fourth-order valence-corrected chi connectivity index (χ4v) is 2.86. The van der Waals surface area contributed by atoms with Crippen molar-refractivity contribution < 1.29 is 0 Å². The van der Waals surface area contributed by atoms with E-state index in [0.717, 1.165) is 37.9 Å². The fourth-order valence-electron chi connectivity index (χ4n) is 2.60. The molecule has 1 N–H and O–H groups in total. The Bertz CT molecular complexity index is 938. The van der Waals surface area contributed by atoms with E-state index in [-0.39, 0.29) is 0 Å². The average molecular weight is 267 g/mol. The standard InChI is InChI=1S/C16H11ClN2/c1-9-5-6-12-10(7-9)8-14-16(19-12)15-11(17)3-2-4-13(15)18-14/h2-8,18H,1H3. The minimum atomic E-state index is 0.739. The maximum absolute atomic E-state index is 6.29. The number of hydrogen-bond acceptors (Lipinski definition) is 1. The Morgan fingerprint density at radius 2 is 1.95 bits per heavy atom. The molecule has 3 heteroatoms. The highest BCUT2D eigenvalue weighted by Gasteiger charge is 2.10. The van der Waals surface area contributed by atoms with Crippen LogP contribution in [0.4, 0.5) is 0 Å². The Balaban J connectivity index is 2.24. The zero-order valence-electron chi connectivity index (χ0n) is 10.4. The molecular weight excluding hydrogens is 256 g/mol. The van der Waals surface area contributed by atoms with Crippen LogP contribution in [0.15, 0.2) is 42.5 Å². The predicted octanol–water partition coefficient (Wildman–Crippen LogP) is 4.83. The van der Waals surface area contributed by atoms with Crippen molar-refractivity contribution in [1.29, 1.82) is 0 Å². The van der Waals surface area contributed by atoms with Gasteiger partial charge >= 0.3 is 0 Å². The summed E-state index contributed by atoms with van der Waals surface area (Å²) in [5.74, 6) is 0. The molecule has 0 fully saturated rings. The summed E-state index contributed by atoms with van der Waals surface area (Å²) >= 11 is 6.29. The van der Waals surface area contributed by atoms with Crippen molar-refractivity contribution in [2.45, 2.75) is 6.92 Å². The van der Waals surface area contributed by atoms with Crippen molar-refractivity contribution in [3.05, 3.63) is 53.1 Å². The summed E-state index contributed by atoms with van der Waals surface area (Å²) < 4.78 is 0. The highest BCUT2D eigenvalue weighted by molar-refractivity contribution is 6.37. The quantitative estimate of drug-likeness (QED) is 0.485. The molecule has 2 aromatic carbocycles. The first-order chi connectivity index (χ1) is 9.22. The number of nitrogens with one attached hydrogen (secondary N) is 1. The highest BCUT2D eigenvalue weighted by atomic mass is 35.5. The number of aromatic nitrogens is 2. The largest absolute Gasteiger partial charge is 0.353 e. The number of hydrogen-bond donors (Lipinski definition) is 1. The Morgan fingerprint density at radius 1 is 1.05 bits per heavy atom. The van der Waals surface area contributed by atoms with Gasteiger partial charge in [-0.1, -0.05) is 29.3 Å². The molecule has 0 atom stereocenters. The number of aryl methyl sites for hydroxylation is 1. The molecule has 92 valence electrons. The van der Waals surface area contributed by atoms with Crippen LogP contribution >= 0.6 is 11.6 Å². The summed E-state index contributed by atoms with van der Waals surface area (Å²) in [5.41, 5.74) is 5.24. The van der Waals surface area contributed by atoms with Crippen LogP contribution in [0.5, 0.6) is 0 Å². The Kier molecular flexibility index (Phi) is 2.12. The van der Waals surface area contributed by atoms with Crippen molar-refractivity contribution in [2.75, 3.05) is 0 Å². The lowest BCUT2D eigenvalue weighted by Gasteiger charge is -2.00. The van der Waals surface area contributed by atoms with E-state index in [1.165, 1.54) is 5.56 Å². The van der Waals surface area contributed by atoms with E-state index in [0.29, 0.717) is 0 Å². The van der Waals surface area contributed by atoms with Gasteiger partial charge < -0.3 is 4.98 Å². The van der Waals surface area contributed by atoms with E-state index >= 15 is 0 Å². The molecular formula is C16H11ClN2. The molecule has 0 unspecified atom stereocenters. The first-order valence-electron chi connectivity index (χ1n) is 6.20. The van der Waals surface area contributed by atoms with Crippen molar-refractivity contribution in [1.82, 2.24) is 9.97 Å². The summed E-state index contributed by atoms with van der Waals surface area (Å²) in [4.78, 5) is 8.14. The van der Waals surface area contributed by atoms with Gasteiger partial charge in [0.15, 0.2) is 0 Å². The highest BCUT2D eigenvalue weighted by Crippen LogP contribution is 2.31. The van der Waals surface area contributed by atoms with Crippen molar-refractivity contribution in [3.63, 3.8) is 0 Å². The maximum Gasteiger partial charge on any atom is 0.0980 e. The summed E-state index contributed by atoms with van der Waals surface area (Å²) in [6.45, 7) is 2.09. The van der Waals surface area contributed by atoms with Crippen molar-refractivity contribution in [3.8, 4) is 0 Å². The van der Waals surface area contributed by atoms with E-state index in [4.69, 9.17) is 16.6 Å². The first kappa shape index (κ1) is 10.8. The molecule has 0 amide bonds. The van der Waals surface area contributed by atoms with Crippen LogP contribution in [-0.4, -0.2) is 9.97 Å². The van der Waals surface area contributed by atoms with Crippen LogP contribution in [0.2, 0.25) is 5.02 Å². The number of fused-ring (bicyclic) bond motifs is 4. The zero-order chi connectivity index (χ0) is 13.0. The molecule has 4 aromatic rings. The molecule has 0 saturated carbocycles. The van der Waals surface area contributed by atoms with E-state index in [9.17, 15) is 0 Å². The van der Waals surface area contributed by atoms with Gasteiger partial charge in [0.05, 0.1) is 21.6 Å². The van der Waals surface area contributed by atoms with Gasteiger partial charge in [-0.05, 0) is 37.3 Å². The molecule has 4 rings (SSSR count). The number of aromatic amines is 1. The topological polar surface area (TPSA) is 28.7 Å². The van der Waals surface area contributed by atoms with E-state index in [1.807, 2.05) is 18.2 Å². The second kappa shape index (κ2) is 3.72. The van der Waals surface area contributed by atoms with E-state index in [1.54, 1.807) is 0 Å². The van der Waals surface area contributed by atoms with Gasteiger partial charge in [-0.3, -0.25) is 0 Å². The Hall–Kier alpha value is -2.06. The van der Waals surface area contributed by atoms with E-state index in [2.05, 4.69) is 36.2 Å². The van der Waals surface area contributed by atoms with Crippen LogP contribution in [-0.2, 0) is 0 Å². The molecule has 0 spiro atoms. The molecule has 2 heterocycles. The summed E-state index contributed by atoms with van der Waals surface area (Å²) in [7, 11) is 0. The van der Waals surface area contributed by atoms with Crippen molar-refractivity contribution in [2.24, 2.45) is 0 Å². The van der Waals surface area contributed by atoms with Gasteiger partial charge in [0, 0.05) is 16.3 Å². The minimum absolute atomic E-state index is 0.739. The number of halogens is 1. The molecule has 0 aliphatic carbocycles. The number of benzene rings is 2. The van der Waals surface area contributed by atoms with Crippen LogP contribution in [0.25, 0.3) is 32.8 Å². The third-order valence-electron chi connectivity index (χ3n) is 3.49. The summed E-state index contributed by atoms with van der Waals surface area (Å²) in [5, 5.41) is 2.89. The molecule has 2 nitrogen and oxygen atoms in total. The molecule has 0 saturated heterocycles. The minimum Gasteiger partial charge on any atom is -0.353 e. The van der Waals surface area contributed by atoms with Gasteiger partial charge in [-0.25, -0.2) is 4.98 Å². The number of rotatable bonds is 0. The third kappa shape index (κ3) is 1.53. The Morgan fingerprint density at radius 3 is 2.84 bits per heavy atom. The van der Waals surface area contributed by atoms with E-state index < -0.39 is 0 Å². The zero-order valence-corrected chi connectivity index (χ0v) is 11.1. The SMILES string of the molecule is Cc1ccc2nc3c(cc2c1)[nH]c1cccc(Cl)c13. The fraction of sp³-hybridized carbons (Fsp3) is 0.0625. The van der Waals surface area contributed by atoms with Crippen LogP contribution < -0.4 is 0 Å². The number of nitrogens with zero attached hydrogens (tertiary/aromatic N) is 1. The summed E-state index contributed by atoms with van der Waals surface area (Å²) in [6.07, 6.45) is 0. The third-order valence-corrected chi connectivity index (χ3v) is 3.80. The first-order valence-corrected chi connectivity index (χ1v) is 6.57. The van der Waals surface area contributed by atoms with Crippen LogP contribution in [0.1, 0.15) is 5.56 Å². The maximum atomic E-state index is 6.29. The van der Waals surface area contributed by atoms with Gasteiger partial charge in [-0.15, -0.1) is 0 Å². The summed E-state index contributed by atoms with van der Waals surface area (Å²) in [6, 6.07) is 14.3. The molecule has 2 aromatic heterocycles. The molecule has 0 bridgehead atoms. The second-order valence-corrected chi connectivity index (χ2v) is 5.28.